The van der Waals surface area contributed by atoms with E-state index in [9.17, 15) is 4.79 Å². The third-order valence-electron chi connectivity index (χ3n) is 2.73. The molecule has 0 aliphatic heterocycles. The van der Waals surface area contributed by atoms with Crippen molar-refractivity contribution in [1.29, 1.82) is 0 Å². The number of fused-ring (bicyclic) bond motifs is 1. The van der Waals surface area contributed by atoms with E-state index in [1.807, 2.05) is 24.4 Å². The van der Waals surface area contributed by atoms with Crippen LogP contribution in [0.15, 0.2) is 24.4 Å². The van der Waals surface area contributed by atoms with E-state index in [-0.39, 0.29) is 12.4 Å². The summed E-state index contributed by atoms with van der Waals surface area (Å²) in [6.07, 6.45) is 2.12. The second-order valence-corrected chi connectivity index (χ2v) is 9.92. The lowest BCUT2D eigenvalue weighted by Gasteiger charge is -2.19. The molecule has 5 heteroatoms. The van der Waals surface area contributed by atoms with Gasteiger partial charge in [0.25, 0.3) is 0 Å². The minimum absolute atomic E-state index is 0.239. The molecular formula is C14H19NO3Si. The Morgan fingerprint density at radius 2 is 2.05 bits per heavy atom. The van der Waals surface area contributed by atoms with Crippen LogP contribution in [0, 0.1) is 0 Å². The van der Waals surface area contributed by atoms with Gasteiger partial charge in [-0.25, -0.2) is 0 Å². The second kappa shape index (κ2) is 5.09. The highest BCUT2D eigenvalue weighted by Gasteiger charge is 2.17. The van der Waals surface area contributed by atoms with Crippen molar-refractivity contribution in [1.82, 2.24) is 4.98 Å². The van der Waals surface area contributed by atoms with Crippen molar-refractivity contribution in [2.24, 2.45) is 0 Å². The van der Waals surface area contributed by atoms with Gasteiger partial charge in [0.05, 0.1) is 13.5 Å². The summed E-state index contributed by atoms with van der Waals surface area (Å²) >= 11 is 0. The Morgan fingerprint density at radius 1 is 1.32 bits per heavy atom. The molecule has 2 rings (SSSR count). The Morgan fingerprint density at radius 3 is 2.68 bits per heavy atom. The number of hydrogen-bond acceptors (Lipinski definition) is 3. The van der Waals surface area contributed by atoms with E-state index < -0.39 is 8.32 Å². The van der Waals surface area contributed by atoms with Crippen LogP contribution in [0.25, 0.3) is 10.9 Å². The average Bonchev–Trinajstić information content (AvgIpc) is 2.70. The van der Waals surface area contributed by atoms with Gasteiger partial charge in [0.2, 0.25) is 8.32 Å². The molecule has 1 aromatic carbocycles. The van der Waals surface area contributed by atoms with Crippen LogP contribution >= 0.6 is 0 Å². The fourth-order valence-electron chi connectivity index (χ4n) is 1.95. The number of ether oxygens (including phenoxy) is 1. The molecule has 0 fully saturated rings. The standard InChI is InChI=1S/C14H19NO3Si/c1-17-14(16)7-10-9-15-13-6-5-11(8-12(10)13)18-19(2,3)4/h5-6,8-9,15H,7H2,1-4H3. The maximum atomic E-state index is 11.4. The molecule has 1 N–H and O–H groups in total. The van der Waals surface area contributed by atoms with Crippen molar-refractivity contribution in [3.63, 3.8) is 0 Å². The van der Waals surface area contributed by atoms with E-state index in [1.165, 1.54) is 7.11 Å². The highest BCUT2D eigenvalue weighted by Crippen LogP contribution is 2.26. The molecule has 0 bridgehead atoms. The van der Waals surface area contributed by atoms with Crippen molar-refractivity contribution in [2.45, 2.75) is 26.1 Å². The summed E-state index contributed by atoms with van der Waals surface area (Å²) in [5.74, 6) is 0.620. The van der Waals surface area contributed by atoms with Gasteiger partial charge in [-0.05, 0) is 43.4 Å². The molecule has 0 saturated carbocycles. The lowest BCUT2D eigenvalue weighted by atomic mass is 10.1. The van der Waals surface area contributed by atoms with E-state index in [4.69, 9.17) is 9.16 Å². The molecule has 1 aromatic heterocycles. The van der Waals surface area contributed by atoms with Crippen molar-refractivity contribution < 1.29 is 14.0 Å². The van der Waals surface area contributed by atoms with E-state index >= 15 is 0 Å². The zero-order valence-corrected chi connectivity index (χ0v) is 12.7. The highest BCUT2D eigenvalue weighted by molar-refractivity contribution is 6.70. The predicted octanol–water partition coefficient (Wildman–Crippen LogP) is 3.10. The number of carbonyl (C=O) groups excluding carboxylic acids is 1. The normalized spacial score (nSPS) is 11.6. The fourth-order valence-corrected chi connectivity index (χ4v) is 2.78. The summed E-state index contributed by atoms with van der Waals surface area (Å²) in [6, 6.07) is 5.92. The first kappa shape index (κ1) is 13.7. The second-order valence-electron chi connectivity index (χ2n) is 5.49. The van der Waals surface area contributed by atoms with Gasteiger partial charge in [0.15, 0.2) is 0 Å². The van der Waals surface area contributed by atoms with Gasteiger partial charge in [0, 0.05) is 17.1 Å². The first-order valence-corrected chi connectivity index (χ1v) is 9.66. The van der Waals surface area contributed by atoms with Gasteiger partial charge < -0.3 is 14.1 Å². The molecule has 0 radical (unpaired) electrons. The molecule has 102 valence electrons. The van der Waals surface area contributed by atoms with Crippen LogP contribution in [0.3, 0.4) is 0 Å². The monoisotopic (exact) mass is 277 g/mol. The molecule has 0 aliphatic carbocycles. The van der Waals surface area contributed by atoms with Crippen LogP contribution in [-0.2, 0) is 16.0 Å². The van der Waals surface area contributed by atoms with Crippen LogP contribution < -0.4 is 4.43 Å². The zero-order chi connectivity index (χ0) is 14.0. The lowest BCUT2D eigenvalue weighted by molar-refractivity contribution is -0.139. The molecule has 1 heterocycles. The summed E-state index contributed by atoms with van der Waals surface area (Å²) in [5.41, 5.74) is 1.93. The highest BCUT2D eigenvalue weighted by atomic mass is 28.4. The van der Waals surface area contributed by atoms with Gasteiger partial charge in [-0.1, -0.05) is 0 Å². The van der Waals surface area contributed by atoms with E-state index in [2.05, 4.69) is 24.6 Å². The van der Waals surface area contributed by atoms with E-state index in [0.29, 0.717) is 0 Å². The Bertz CT molecular complexity index is 598. The fraction of sp³-hybridized carbons (Fsp3) is 0.357. The SMILES string of the molecule is COC(=O)Cc1c[nH]c2ccc(O[Si](C)(C)C)cc12. The van der Waals surface area contributed by atoms with Gasteiger partial charge in [-0.3, -0.25) is 4.79 Å². The molecule has 0 saturated heterocycles. The number of methoxy groups -OCH3 is 1. The molecule has 19 heavy (non-hydrogen) atoms. The average molecular weight is 277 g/mol. The van der Waals surface area contributed by atoms with E-state index in [1.54, 1.807) is 0 Å². The molecule has 0 aliphatic rings. The molecule has 4 nitrogen and oxygen atoms in total. The minimum atomic E-state index is -1.62. The largest absolute Gasteiger partial charge is 0.544 e. The molecule has 0 spiro atoms. The van der Waals surface area contributed by atoms with Crippen molar-refractivity contribution in [3.05, 3.63) is 30.0 Å². The third kappa shape index (κ3) is 3.38. The lowest BCUT2D eigenvalue weighted by Crippen LogP contribution is -2.29. The Labute approximate surface area is 113 Å². The first-order valence-electron chi connectivity index (χ1n) is 6.25. The van der Waals surface area contributed by atoms with Gasteiger partial charge in [-0.2, -0.15) is 0 Å². The van der Waals surface area contributed by atoms with Crippen LogP contribution in [0.5, 0.6) is 5.75 Å². The Balaban J connectivity index is 2.34. The van der Waals surface area contributed by atoms with Crippen LogP contribution in [0.4, 0.5) is 0 Å². The first-order chi connectivity index (χ1) is 8.89. The van der Waals surface area contributed by atoms with Crippen LogP contribution in [0.1, 0.15) is 5.56 Å². The number of esters is 1. The zero-order valence-electron chi connectivity index (χ0n) is 11.7. The van der Waals surface area contributed by atoms with Crippen molar-refractivity contribution in [3.8, 4) is 5.75 Å². The molecule has 0 unspecified atom stereocenters. The Hall–Kier alpha value is -1.75. The van der Waals surface area contributed by atoms with Crippen LogP contribution in [-0.4, -0.2) is 26.4 Å². The number of nitrogens with one attached hydrogen (secondary N) is 1. The number of benzene rings is 1. The topological polar surface area (TPSA) is 51.3 Å². The van der Waals surface area contributed by atoms with E-state index in [0.717, 1.165) is 22.2 Å². The number of hydrogen-bond donors (Lipinski definition) is 1. The van der Waals surface area contributed by atoms with Crippen LogP contribution in [0.2, 0.25) is 19.6 Å². The molecule has 2 aromatic rings. The number of aromatic amines is 1. The molecule has 0 atom stereocenters. The summed E-state index contributed by atoms with van der Waals surface area (Å²) < 4.78 is 10.7. The maximum absolute atomic E-state index is 11.4. The van der Waals surface area contributed by atoms with Gasteiger partial charge in [0.1, 0.15) is 5.75 Å². The van der Waals surface area contributed by atoms with Crippen molar-refractivity contribution in [2.75, 3.05) is 7.11 Å². The summed E-state index contributed by atoms with van der Waals surface area (Å²) in [5, 5.41) is 1.01. The maximum Gasteiger partial charge on any atom is 0.310 e. The molecular weight excluding hydrogens is 258 g/mol. The number of aromatic nitrogens is 1. The van der Waals surface area contributed by atoms with Gasteiger partial charge in [-0.15, -0.1) is 0 Å². The summed E-state index contributed by atoms with van der Waals surface area (Å²) in [4.78, 5) is 14.5. The number of rotatable bonds is 4. The van der Waals surface area contributed by atoms with Crippen molar-refractivity contribution >= 4 is 25.2 Å². The Kier molecular flexibility index (Phi) is 3.66. The quantitative estimate of drug-likeness (QED) is 0.690. The summed E-state index contributed by atoms with van der Waals surface area (Å²) in [7, 11) is -0.223. The molecule has 0 amide bonds. The predicted molar refractivity (Wildman–Crippen MR) is 78.0 cm³/mol. The minimum Gasteiger partial charge on any atom is -0.544 e. The number of carbonyl (C=O) groups is 1. The number of H-pyrrole nitrogens is 1. The van der Waals surface area contributed by atoms with Gasteiger partial charge >= 0.3 is 5.97 Å². The third-order valence-corrected chi connectivity index (χ3v) is 3.57. The smallest absolute Gasteiger partial charge is 0.310 e. The summed E-state index contributed by atoms with van der Waals surface area (Å²) in [6.45, 7) is 6.43.